The number of fused-ring (bicyclic) bond motifs is 6. The molecular formula is C39H23N. The average Bonchev–Trinajstić information content (AvgIpc) is 3.35. The summed E-state index contributed by atoms with van der Waals surface area (Å²) in [5.41, 5.74) is 11.3. The zero-order valence-corrected chi connectivity index (χ0v) is 21.7. The molecule has 9 rings (SSSR count). The summed E-state index contributed by atoms with van der Waals surface area (Å²) in [5, 5.41) is 8.79. The fourth-order valence-electron chi connectivity index (χ4n) is 7.03. The Morgan fingerprint density at radius 2 is 0.850 bits per heavy atom. The van der Waals surface area contributed by atoms with E-state index in [2.05, 4.69) is 133 Å². The normalized spacial score (nSPS) is 12.0. The Morgan fingerprint density at radius 3 is 1.70 bits per heavy atom. The summed E-state index contributed by atoms with van der Waals surface area (Å²) < 4.78 is 0. The van der Waals surface area contributed by atoms with Gasteiger partial charge in [0.2, 0.25) is 0 Å². The van der Waals surface area contributed by atoms with Crippen molar-refractivity contribution in [2.75, 3.05) is 0 Å². The highest BCUT2D eigenvalue weighted by Crippen LogP contribution is 2.51. The number of hydrogen-bond acceptors (Lipinski definition) is 1. The second-order valence-electron chi connectivity index (χ2n) is 10.7. The van der Waals surface area contributed by atoms with E-state index in [0.29, 0.717) is 0 Å². The van der Waals surface area contributed by atoms with Crippen LogP contribution in [0.3, 0.4) is 0 Å². The van der Waals surface area contributed by atoms with Crippen LogP contribution in [0, 0.1) is 0 Å². The van der Waals surface area contributed by atoms with Crippen LogP contribution in [0.5, 0.6) is 0 Å². The van der Waals surface area contributed by atoms with Gasteiger partial charge in [-0.3, -0.25) is 4.98 Å². The number of benzene rings is 7. The lowest BCUT2D eigenvalue weighted by molar-refractivity contribution is 1.42. The molecular weight excluding hydrogens is 482 g/mol. The van der Waals surface area contributed by atoms with Crippen molar-refractivity contribution in [3.63, 3.8) is 0 Å². The van der Waals surface area contributed by atoms with Gasteiger partial charge in [0.1, 0.15) is 0 Å². The maximum absolute atomic E-state index is 5.06. The van der Waals surface area contributed by atoms with E-state index in [1.54, 1.807) is 0 Å². The van der Waals surface area contributed by atoms with Gasteiger partial charge in [-0.15, -0.1) is 0 Å². The zero-order valence-electron chi connectivity index (χ0n) is 21.7. The van der Waals surface area contributed by atoms with E-state index in [1.807, 2.05) is 6.20 Å². The second kappa shape index (κ2) is 8.11. The third-order valence-corrected chi connectivity index (χ3v) is 8.66. The van der Waals surface area contributed by atoms with Crippen LogP contribution in [0.4, 0.5) is 0 Å². The van der Waals surface area contributed by atoms with E-state index >= 15 is 0 Å². The van der Waals surface area contributed by atoms with E-state index in [9.17, 15) is 0 Å². The molecule has 0 atom stereocenters. The van der Waals surface area contributed by atoms with Crippen molar-refractivity contribution in [1.29, 1.82) is 0 Å². The molecule has 184 valence electrons. The fourth-order valence-corrected chi connectivity index (χ4v) is 7.03. The third kappa shape index (κ3) is 2.84. The molecule has 0 fully saturated rings. The van der Waals surface area contributed by atoms with Gasteiger partial charge in [-0.2, -0.15) is 0 Å². The van der Waals surface area contributed by atoms with Crippen LogP contribution in [0.25, 0.3) is 87.7 Å². The molecule has 1 aliphatic rings. The summed E-state index contributed by atoms with van der Waals surface area (Å²) in [5.74, 6) is 0. The summed E-state index contributed by atoms with van der Waals surface area (Å²) in [6.07, 6.45) is 1.93. The van der Waals surface area contributed by atoms with Gasteiger partial charge in [-0.25, -0.2) is 0 Å². The quantitative estimate of drug-likeness (QED) is 0.213. The lowest BCUT2D eigenvalue weighted by Crippen LogP contribution is -1.94. The first-order valence-corrected chi connectivity index (χ1v) is 13.8. The molecule has 8 aromatic rings. The van der Waals surface area contributed by atoms with E-state index in [4.69, 9.17) is 4.98 Å². The monoisotopic (exact) mass is 505 g/mol. The minimum atomic E-state index is 1.04. The van der Waals surface area contributed by atoms with Gasteiger partial charge in [0.15, 0.2) is 0 Å². The molecule has 1 nitrogen and oxygen atoms in total. The molecule has 0 N–H and O–H groups in total. The van der Waals surface area contributed by atoms with Crippen molar-refractivity contribution in [1.82, 2.24) is 4.98 Å². The minimum Gasteiger partial charge on any atom is -0.256 e. The Morgan fingerprint density at radius 1 is 0.325 bits per heavy atom. The molecule has 40 heavy (non-hydrogen) atoms. The number of hydrogen-bond donors (Lipinski definition) is 0. The minimum absolute atomic E-state index is 1.04. The summed E-state index contributed by atoms with van der Waals surface area (Å²) in [6.45, 7) is 0. The first kappa shape index (κ1) is 21.6. The lowest BCUT2D eigenvalue weighted by Gasteiger charge is -2.19. The molecule has 0 spiro atoms. The van der Waals surface area contributed by atoms with Crippen LogP contribution in [0.15, 0.2) is 140 Å². The SMILES string of the molecule is c1ccc2c(c1)-c1cccc3c(-c4c5ccccc5c(-c5cccc6ccccc56)c5ncccc45)ccc-2c13. The van der Waals surface area contributed by atoms with Crippen molar-refractivity contribution < 1.29 is 0 Å². The standard InChI is InChI=1S/C39H23N/c1-2-12-25-24(10-1)11-7-17-28(25)38-32-16-6-5-15-30(32)37(35-20-9-23-40-39(35)38)34-22-21-33-27-14-4-3-13-26(27)29-18-8-19-31(34)36(29)33/h1-23H. The molecule has 7 aromatic carbocycles. The first-order valence-electron chi connectivity index (χ1n) is 13.8. The first-order chi connectivity index (χ1) is 19.9. The smallest absolute Gasteiger partial charge is 0.0793 e. The maximum Gasteiger partial charge on any atom is 0.0793 e. The Bertz CT molecular complexity index is 2230. The van der Waals surface area contributed by atoms with Crippen LogP contribution in [-0.4, -0.2) is 4.98 Å². The molecule has 0 saturated carbocycles. The molecule has 0 aliphatic heterocycles. The summed E-state index contributed by atoms with van der Waals surface area (Å²) in [7, 11) is 0. The van der Waals surface area contributed by atoms with Crippen LogP contribution in [0.2, 0.25) is 0 Å². The third-order valence-electron chi connectivity index (χ3n) is 8.66. The van der Waals surface area contributed by atoms with Crippen molar-refractivity contribution in [3.05, 3.63) is 140 Å². The Balaban J connectivity index is 1.44. The number of pyridine rings is 1. The van der Waals surface area contributed by atoms with Crippen LogP contribution < -0.4 is 0 Å². The van der Waals surface area contributed by atoms with E-state index in [1.165, 1.54) is 82.2 Å². The van der Waals surface area contributed by atoms with Crippen molar-refractivity contribution in [3.8, 4) is 44.5 Å². The molecule has 0 bridgehead atoms. The van der Waals surface area contributed by atoms with Crippen molar-refractivity contribution in [2.24, 2.45) is 0 Å². The molecule has 0 saturated heterocycles. The molecule has 0 radical (unpaired) electrons. The van der Waals surface area contributed by atoms with Crippen molar-refractivity contribution >= 4 is 43.2 Å². The van der Waals surface area contributed by atoms with Gasteiger partial charge in [-0.05, 0) is 77.3 Å². The molecule has 1 heteroatoms. The summed E-state index contributed by atoms with van der Waals surface area (Å²) in [4.78, 5) is 5.06. The molecule has 0 amide bonds. The Kier molecular flexibility index (Phi) is 4.39. The zero-order chi connectivity index (χ0) is 26.2. The summed E-state index contributed by atoms with van der Waals surface area (Å²) in [6, 6.07) is 48.6. The summed E-state index contributed by atoms with van der Waals surface area (Å²) >= 11 is 0. The highest BCUT2D eigenvalue weighted by molar-refractivity contribution is 6.26. The molecule has 1 heterocycles. The Hall–Kier alpha value is -5.27. The number of aromatic nitrogens is 1. The maximum atomic E-state index is 5.06. The van der Waals surface area contributed by atoms with E-state index in [-0.39, 0.29) is 0 Å². The van der Waals surface area contributed by atoms with Crippen LogP contribution in [-0.2, 0) is 0 Å². The van der Waals surface area contributed by atoms with Crippen molar-refractivity contribution in [2.45, 2.75) is 0 Å². The predicted octanol–water partition coefficient (Wildman–Crippen LogP) is 10.7. The van der Waals surface area contributed by atoms with Gasteiger partial charge in [-0.1, -0.05) is 127 Å². The highest BCUT2D eigenvalue weighted by atomic mass is 14.7. The lowest BCUT2D eigenvalue weighted by atomic mass is 9.85. The van der Waals surface area contributed by atoms with Crippen LogP contribution >= 0.6 is 0 Å². The van der Waals surface area contributed by atoms with Gasteiger partial charge in [0, 0.05) is 17.1 Å². The highest BCUT2D eigenvalue weighted by Gasteiger charge is 2.24. The molecule has 0 unspecified atom stereocenters. The largest absolute Gasteiger partial charge is 0.256 e. The fraction of sp³-hybridized carbons (Fsp3) is 0. The Labute approximate surface area is 232 Å². The number of rotatable bonds is 2. The topological polar surface area (TPSA) is 12.9 Å². The van der Waals surface area contributed by atoms with E-state index < -0.39 is 0 Å². The number of nitrogens with zero attached hydrogens (tertiary/aromatic N) is 1. The van der Waals surface area contributed by atoms with Crippen LogP contribution in [0.1, 0.15) is 0 Å². The average molecular weight is 506 g/mol. The van der Waals surface area contributed by atoms with Gasteiger partial charge < -0.3 is 0 Å². The van der Waals surface area contributed by atoms with E-state index in [0.717, 1.165) is 5.52 Å². The molecule has 1 aromatic heterocycles. The predicted molar refractivity (Wildman–Crippen MR) is 170 cm³/mol. The van der Waals surface area contributed by atoms with Gasteiger partial charge in [0.25, 0.3) is 0 Å². The van der Waals surface area contributed by atoms with Gasteiger partial charge >= 0.3 is 0 Å². The second-order valence-corrected chi connectivity index (χ2v) is 10.7. The van der Waals surface area contributed by atoms with Gasteiger partial charge in [0.05, 0.1) is 5.52 Å². The molecule has 1 aliphatic carbocycles.